The minimum Gasteiger partial charge on any atom is -0.368 e. The molecule has 1 aromatic carbocycles. The van der Waals surface area contributed by atoms with Crippen molar-refractivity contribution < 1.29 is 0 Å². The lowest BCUT2D eigenvalue weighted by atomic mass is 9.86. The average Bonchev–Trinajstić information content (AvgIpc) is 3.06. The average molecular weight is 330 g/mol. The number of piperazine rings is 1. The molecule has 0 amide bonds. The fourth-order valence-corrected chi connectivity index (χ4v) is 4.97. The van der Waals surface area contributed by atoms with Crippen LogP contribution in [0, 0.1) is 5.92 Å². The Morgan fingerprint density at radius 3 is 2.57 bits per heavy atom. The van der Waals surface area contributed by atoms with Crippen molar-refractivity contribution in [3.8, 4) is 0 Å². The van der Waals surface area contributed by atoms with Crippen LogP contribution in [0.3, 0.4) is 0 Å². The summed E-state index contributed by atoms with van der Waals surface area (Å²) in [5.74, 6) is 0.877. The van der Waals surface area contributed by atoms with Crippen molar-refractivity contribution in [2.24, 2.45) is 11.7 Å². The number of hydrogen-bond donors (Lipinski definition) is 1. The van der Waals surface area contributed by atoms with Crippen molar-refractivity contribution in [1.29, 1.82) is 0 Å². The molecule has 1 saturated carbocycles. The van der Waals surface area contributed by atoms with Gasteiger partial charge in [-0.15, -0.1) is 11.3 Å². The summed E-state index contributed by atoms with van der Waals surface area (Å²) in [6.07, 6.45) is 5.11. The molecule has 1 aromatic heterocycles. The zero-order valence-electron chi connectivity index (χ0n) is 13.8. The third-order valence-electron chi connectivity index (χ3n) is 5.59. The third-order valence-corrected chi connectivity index (χ3v) is 6.48. The van der Waals surface area contributed by atoms with Crippen molar-refractivity contribution in [3.05, 3.63) is 29.6 Å². The van der Waals surface area contributed by atoms with E-state index in [4.69, 9.17) is 5.73 Å². The molecule has 3 nitrogen and oxygen atoms in total. The van der Waals surface area contributed by atoms with Crippen molar-refractivity contribution >= 4 is 27.1 Å². The summed E-state index contributed by atoms with van der Waals surface area (Å²) in [6, 6.07) is 9.45. The van der Waals surface area contributed by atoms with Gasteiger partial charge in [0.1, 0.15) is 0 Å². The van der Waals surface area contributed by atoms with Crippen molar-refractivity contribution in [2.75, 3.05) is 37.6 Å². The summed E-state index contributed by atoms with van der Waals surface area (Å²) in [7, 11) is 0. The van der Waals surface area contributed by atoms with Crippen molar-refractivity contribution in [1.82, 2.24) is 4.90 Å². The Hall–Kier alpha value is -1.10. The Morgan fingerprint density at radius 2 is 1.78 bits per heavy atom. The van der Waals surface area contributed by atoms with E-state index >= 15 is 0 Å². The van der Waals surface area contributed by atoms with Gasteiger partial charge in [0.2, 0.25) is 0 Å². The summed E-state index contributed by atoms with van der Waals surface area (Å²) < 4.78 is 1.41. The zero-order valence-corrected chi connectivity index (χ0v) is 14.6. The lowest BCUT2D eigenvalue weighted by Crippen LogP contribution is -2.48. The van der Waals surface area contributed by atoms with E-state index in [1.54, 1.807) is 0 Å². The van der Waals surface area contributed by atoms with Crippen LogP contribution < -0.4 is 10.6 Å². The zero-order chi connectivity index (χ0) is 15.6. The fourth-order valence-electron chi connectivity index (χ4n) is 4.16. The monoisotopic (exact) mass is 329 g/mol. The highest BCUT2D eigenvalue weighted by atomic mass is 32.1. The SMILES string of the molecule is NC1CCC(CN2CCN(c3cccc4sccc34)CC2)CC1. The second kappa shape index (κ2) is 6.80. The van der Waals surface area contributed by atoms with E-state index in [0.717, 1.165) is 19.0 Å². The first-order valence-corrected chi connectivity index (χ1v) is 9.86. The van der Waals surface area contributed by atoms with Crippen LogP contribution >= 0.6 is 11.3 Å². The largest absolute Gasteiger partial charge is 0.368 e. The molecule has 1 aliphatic carbocycles. The van der Waals surface area contributed by atoms with Gasteiger partial charge in [0, 0.05) is 54.5 Å². The van der Waals surface area contributed by atoms with E-state index in [0.29, 0.717) is 6.04 Å². The van der Waals surface area contributed by atoms with Gasteiger partial charge in [-0.25, -0.2) is 0 Å². The molecular weight excluding hydrogens is 302 g/mol. The van der Waals surface area contributed by atoms with Gasteiger partial charge < -0.3 is 10.6 Å². The minimum atomic E-state index is 0.467. The van der Waals surface area contributed by atoms with Crippen LogP contribution in [0.4, 0.5) is 5.69 Å². The lowest BCUT2D eigenvalue weighted by molar-refractivity contribution is 0.186. The smallest absolute Gasteiger partial charge is 0.0455 e. The molecule has 0 unspecified atom stereocenters. The summed E-state index contributed by atoms with van der Waals surface area (Å²) in [4.78, 5) is 5.24. The second-order valence-corrected chi connectivity index (χ2v) is 8.13. The number of rotatable bonds is 3. The van der Waals surface area contributed by atoms with Crippen LogP contribution in [0.1, 0.15) is 25.7 Å². The number of hydrogen-bond acceptors (Lipinski definition) is 4. The first kappa shape index (κ1) is 15.4. The van der Waals surface area contributed by atoms with Gasteiger partial charge in [0.25, 0.3) is 0 Å². The standard InChI is InChI=1S/C19H27N3S/c20-16-6-4-15(5-7-16)14-21-9-11-22(12-10-21)18-2-1-3-19-17(18)8-13-23-19/h1-3,8,13,15-16H,4-7,9-12,14,20H2. The van der Waals surface area contributed by atoms with Crippen LogP contribution in [0.15, 0.2) is 29.6 Å². The predicted molar refractivity (Wildman–Crippen MR) is 100 cm³/mol. The predicted octanol–water partition coefficient (Wildman–Crippen LogP) is 3.54. The highest BCUT2D eigenvalue weighted by Gasteiger charge is 2.24. The summed E-state index contributed by atoms with van der Waals surface area (Å²) in [5.41, 5.74) is 7.45. The molecule has 2 aliphatic rings. The highest BCUT2D eigenvalue weighted by Crippen LogP contribution is 2.31. The lowest BCUT2D eigenvalue weighted by Gasteiger charge is -2.39. The molecule has 124 valence electrons. The van der Waals surface area contributed by atoms with E-state index in [2.05, 4.69) is 39.4 Å². The Balaban J connectivity index is 1.35. The van der Waals surface area contributed by atoms with Gasteiger partial charge >= 0.3 is 0 Å². The van der Waals surface area contributed by atoms with E-state index in [9.17, 15) is 0 Å². The van der Waals surface area contributed by atoms with Gasteiger partial charge in [-0.1, -0.05) is 6.07 Å². The summed E-state index contributed by atoms with van der Waals surface area (Å²) in [6.45, 7) is 5.98. The number of nitrogens with two attached hydrogens (primary N) is 1. The Labute approximate surface area is 143 Å². The Morgan fingerprint density at radius 1 is 1.00 bits per heavy atom. The third kappa shape index (κ3) is 3.39. The van der Waals surface area contributed by atoms with Gasteiger partial charge in [0.05, 0.1) is 0 Å². The molecule has 0 radical (unpaired) electrons. The molecular formula is C19H27N3S. The molecule has 1 saturated heterocycles. The maximum absolute atomic E-state index is 6.03. The Kier molecular flexibility index (Phi) is 4.56. The number of fused-ring (bicyclic) bond motifs is 1. The van der Waals surface area contributed by atoms with Crippen molar-refractivity contribution in [3.63, 3.8) is 0 Å². The van der Waals surface area contributed by atoms with Gasteiger partial charge in [-0.2, -0.15) is 0 Å². The molecule has 4 rings (SSSR count). The molecule has 2 aromatic rings. The molecule has 2 heterocycles. The van der Waals surface area contributed by atoms with Gasteiger partial charge in [0.15, 0.2) is 0 Å². The number of thiophene rings is 1. The van der Waals surface area contributed by atoms with Crippen LogP contribution in [0.5, 0.6) is 0 Å². The van der Waals surface area contributed by atoms with E-state index in [-0.39, 0.29) is 0 Å². The van der Waals surface area contributed by atoms with Crippen LogP contribution in [0.2, 0.25) is 0 Å². The van der Waals surface area contributed by atoms with Gasteiger partial charge in [-0.05, 0) is 55.2 Å². The molecule has 23 heavy (non-hydrogen) atoms. The summed E-state index contributed by atoms with van der Waals surface area (Å²) >= 11 is 1.84. The first-order chi connectivity index (χ1) is 11.3. The highest BCUT2D eigenvalue weighted by molar-refractivity contribution is 7.17. The number of nitrogens with zero attached hydrogens (tertiary/aromatic N) is 2. The van der Waals surface area contributed by atoms with Crippen LogP contribution in [0.25, 0.3) is 10.1 Å². The maximum Gasteiger partial charge on any atom is 0.0455 e. The molecule has 2 N–H and O–H groups in total. The number of anilines is 1. The maximum atomic E-state index is 6.03. The second-order valence-electron chi connectivity index (χ2n) is 7.18. The quantitative estimate of drug-likeness (QED) is 0.935. The molecule has 0 atom stereocenters. The van der Waals surface area contributed by atoms with Crippen LogP contribution in [-0.4, -0.2) is 43.7 Å². The molecule has 2 fully saturated rings. The fraction of sp³-hybridized carbons (Fsp3) is 0.579. The summed E-state index contributed by atoms with van der Waals surface area (Å²) in [5, 5.41) is 3.63. The van der Waals surface area contributed by atoms with E-state index in [1.165, 1.54) is 61.1 Å². The molecule has 0 spiro atoms. The minimum absolute atomic E-state index is 0.467. The molecule has 4 heteroatoms. The first-order valence-electron chi connectivity index (χ1n) is 8.99. The topological polar surface area (TPSA) is 32.5 Å². The van der Waals surface area contributed by atoms with Crippen LogP contribution in [-0.2, 0) is 0 Å². The molecule has 0 bridgehead atoms. The van der Waals surface area contributed by atoms with Crippen molar-refractivity contribution in [2.45, 2.75) is 31.7 Å². The van der Waals surface area contributed by atoms with E-state index < -0.39 is 0 Å². The number of benzene rings is 1. The Bertz CT molecular complexity index is 637. The normalized spacial score (nSPS) is 26.7. The van der Waals surface area contributed by atoms with Gasteiger partial charge in [-0.3, -0.25) is 4.90 Å². The van der Waals surface area contributed by atoms with E-state index in [1.807, 2.05) is 11.3 Å². The molecule has 1 aliphatic heterocycles.